The Morgan fingerprint density at radius 3 is 2.70 bits per heavy atom. The Balaban J connectivity index is 1.36. The lowest BCUT2D eigenvalue weighted by Crippen LogP contribution is -2.50. The van der Waals surface area contributed by atoms with Crippen molar-refractivity contribution in [1.29, 1.82) is 0 Å². The molecule has 8 nitrogen and oxygen atoms in total. The lowest BCUT2D eigenvalue weighted by molar-refractivity contribution is 0.0571. The Morgan fingerprint density at radius 1 is 1.30 bits per heavy atom. The van der Waals surface area contributed by atoms with Crippen molar-refractivity contribution in [2.75, 3.05) is 31.6 Å². The number of ether oxygens (including phenoxy) is 1. The highest BCUT2D eigenvalue weighted by Crippen LogP contribution is 2.16. The molecule has 2 atom stereocenters. The van der Waals surface area contributed by atoms with Crippen molar-refractivity contribution in [3.05, 3.63) is 48.3 Å². The molecule has 0 unspecified atom stereocenters. The van der Waals surface area contributed by atoms with E-state index in [9.17, 15) is 9.90 Å². The highest BCUT2D eigenvalue weighted by Gasteiger charge is 2.27. The maximum Gasteiger partial charge on any atom is 0.248 e. The zero-order valence-electron chi connectivity index (χ0n) is 15.1. The van der Waals surface area contributed by atoms with Gasteiger partial charge in [0.25, 0.3) is 0 Å². The molecule has 2 heterocycles. The zero-order chi connectivity index (χ0) is 19.1. The number of amides is 1. The fourth-order valence-electron chi connectivity index (χ4n) is 3.10. The molecule has 4 N–H and O–H groups in total. The van der Waals surface area contributed by atoms with Crippen molar-refractivity contribution in [2.45, 2.75) is 25.0 Å². The number of aliphatic hydroxyl groups excluding tert-OH is 1. The summed E-state index contributed by atoms with van der Waals surface area (Å²) in [6.07, 6.45) is 4.57. The summed E-state index contributed by atoms with van der Waals surface area (Å²) in [5, 5.41) is 13.6. The Hall–Kier alpha value is -2.71. The number of nitrogens with zero attached hydrogens (tertiary/aromatic N) is 3. The largest absolute Gasteiger partial charge is 0.494 e. The van der Waals surface area contributed by atoms with Gasteiger partial charge in [-0.2, -0.15) is 0 Å². The number of nitrogens with one attached hydrogen (secondary N) is 1. The number of nitrogens with two attached hydrogens (primary N) is 1. The quantitative estimate of drug-likeness (QED) is 0.591. The fourth-order valence-corrected chi connectivity index (χ4v) is 3.10. The maximum absolute atomic E-state index is 11.0. The second-order valence-electron chi connectivity index (χ2n) is 6.57. The summed E-state index contributed by atoms with van der Waals surface area (Å²) in [4.78, 5) is 21.6. The number of benzene rings is 1. The van der Waals surface area contributed by atoms with Crippen LogP contribution in [-0.4, -0.2) is 64.3 Å². The molecule has 1 aromatic heterocycles. The highest BCUT2D eigenvalue weighted by atomic mass is 16.5. The van der Waals surface area contributed by atoms with Gasteiger partial charge in [-0.15, -0.1) is 0 Å². The smallest absolute Gasteiger partial charge is 0.248 e. The van der Waals surface area contributed by atoms with Crippen LogP contribution in [0.25, 0.3) is 0 Å². The van der Waals surface area contributed by atoms with Crippen LogP contribution in [0.3, 0.4) is 0 Å². The van der Waals surface area contributed by atoms with E-state index in [4.69, 9.17) is 10.5 Å². The molecule has 0 aliphatic carbocycles. The number of hydrogen-bond donors (Lipinski definition) is 3. The number of hydrogen-bond acceptors (Lipinski definition) is 7. The number of carbonyl (C=O) groups excluding carboxylic acids is 1. The van der Waals surface area contributed by atoms with Gasteiger partial charge in [0.15, 0.2) is 0 Å². The summed E-state index contributed by atoms with van der Waals surface area (Å²) in [6.45, 7) is 2.93. The molecule has 1 aromatic carbocycles. The molecule has 1 aliphatic heterocycles. The summed E-state index contributed by atoms with van der Waals surface area (Å²) in [5.74, 6) is 0.813. The third-order valence-corrected chi connectivity index (χ3v) is 4.57. The molecule has 3 rings (SSSR count). The monoisotopic (exact) mass is 371 g/mol. The molecule has 144 valence electrons. The average Bonchev–Trinajstić information content (AvgIpc) is 2.68. The first-order valence-corrected chi connectivity index (χ1v) is 9.08. The van der Waals surface area contributed by atoms with Crippen molar-refractivity contribution < 1.29 is 14.6 Å². The molecule has 0 spiro atoms. The number of aliphatic hydroxyl groups is 1. The summed E-state index contributed by atoms with van der Waals surface area (Å²) in [6, 6.07) is 8.52. The molecule has 1 aliphatic rings. The van der Waals surface area contributed by atoms with Crippen LogP contribution in [0.4, 0.5) is 5.95 Å². The molecule has 0 saturated carbocycles. The minimum absolute atomic E-state index is 0.0383. The first kappa shape index (κ1) is 19.1. The Morgan fingerprint density at radius 2 is 2.04 bits per heavy atom. The number of anilines is 1. The van der Waals surface area contributed by atoms with Crippen LogP contribution in [0.15, 0.2) is 42.7 Å². The predicted octanol–water partition coefficient (Wildman–Crippen LogP) is 0.892. The van der Waals surface area contributed by atoms with E-state index in [0.717, 1.165) is 25.9 Å². The van der Waals surface area contributed by atoms with Crippen LogP contribution in [-0.2, 0) is 0 Å². The van der Waals surface area contributed by atoms with Crippen LogP contribution < -0.4 is 15.8 Å². The molecule has 8 heteroatoms. The lowest BCUT2D eigenvalue weighted by atomic mass is 10.0. The van der Waals surface area contributed by atoms with Gasteiger partial charge < -0.3 is 25.8 Å². The van der Waals surface area contributed by atoms with Gasteiger partial charge in [-0.1, -0.05) is 0 Å². The number of piperidine rings is 1. The number of β-amino-alcohol motifs (C(OH)–C–C–N with tert-alkyl or cyclic N) is 1. The van der Waals surface area contributed by atoms with Crippen LogP contribution in [0.2, 0.25) is 0 Å². The van der Waals surface area contributed by atoms with Crippen LogP contribution in [0.5, 0.6) is 5.75 Å². The molecular formula is C19H25N5O3. The second kappa shape index (κ2) is 9.29. The second-order valence-corrected chi connectivity index (χ2v) is 6.57. The van der Waals surface area contributed by atoms with Crippen molar-refractivity contribution >= 4 is 11.9 Å². The number of carbonyl (C=O) groups is 1. The normalized spacial score (nSPS) is 20.2. The molecule has 1 saturated heterocycles. The molecular weight excluding hydrogens is 346 g/mol. The minimum atomic E-state index is -0.468. The van der Waals surface area contributed by atoms with Gasteiger partial charge in [-0.05, 0) is 43.2 Å². The van der Waals surface area contributed by atoms with E-state index in [1.54, 1.807) is 42.7 Å². The molecule has 1 fully saturated rings. The Kier molecular flexibility index (Phi) is 6.56. The predicted molar refractivity (Wildman–Crippen MR) is 102 cm³/mol. The Labute approximate surface area is 158 Å². The zero-order valence-corrected chi connectivity index (χ0v) is 15.1. The number of likely N-dealkylation sites (tertiary alicyclic amines) is 1. The number of primary amides is 1. The third kappa shape index (κ3) is 5.63. The third-order valence-electron chi connectivity index (χ3n) is 4.57. The fraction of sp³-hybridized carbons (Fsp3) is 0.421. The van der Waals surface area contributed by atoms with Crippen LogP contribution in [0.1, 0.15) is 23.2 Å². The van der Waals surface area contributed by atoms with E-state index in [1.165, 1.54) is 0 Å². The SMILES string of the molecule is NC(=O)c1ccc(OCCCN2CC[C@@H](Nc3ncccn3)[C@H](O)C2)cc1. The Bertz CT molecular complexity index is 726. The summed E-state index contributed by atoms with van der Waals surface area (Å²) >= 11 is 0. The van der Waals surface area contributed by atoms with E-state index in [1.807, 2.05) is 0 Å². The van der Waals surface area contributed by atoms with E-state index in [0.29, 0.717) is 30.4 Å². The van der Waals surface area contributed by atoms with Crippen LogP contribution >= 0.6 is 0 Å². The summed E-state index contributed by atoms with van der Waals surface area (Å²) in [7, 11) is 0. The van der Waals surface area contributed by atoms with E-state index < -0.39 is 12.0 Å². The van der Waals surface area contributed by atoms with Gasteiger partial charge in [0.1, 0.15) is 5.75 Å². The standard InChI is InChI=1S/C19H25N5O3/c20-18(26)14-3-5-15(6-4-14)27-12-2-10-24-11-7-16(17(25)13-24)23-19-21-8-1-9-22-19/h1,3-6,8-9,16-17,25H,2,7,10-13H2,(H2,20,26)(H,21,22,23)/t16-,17-/m1/s1. The topological polar surface area (TPSA) is 114 Å². The van der Waals surface area contributed by atoms with Gasteiger partial charge in [0, 0.05) is 37.6 Å². The summed E-state index contributed by atoms with van der Waals surface area (Å²) < 4.78 is 5.69. The van der Waals surface area contributed by atoms with Gasteiger partial charge in [-0.25, -0.2) is 9.97 Å². The highest BCUT2D eigenvalue weighted by molar-refractivity contribution is 5.92. The number of aromatic nitrogens is 2. The van der Waals surface area contributed by atoms with E-state index >= 15 is 0 Å². The lowest BCUT2D eigenvalue weighted by Gasteiger charge is -2.36. The molecule has 27 heavy (non-hydrogen) atoms. The first-order chi connectivity index (χ1) is 13.1. The van der Waals surface area contributed by atoms with Gasteiger partial charge in [-0.3, -0.25) is 4.79 Å². The van der Waals surface area contributed by atoms with Gasteiger partial charge in [0.05, 0.1) is 18.8 Å². The molecule has 2 aromatic rings. The average molecular weight is 371 g/mol. The van der Waals surface area contributed by atoms with Crippen molar-refractivity contribution in [3.63, 3.8) is 0 Å². The molecule has 1 amide bonds. The van der Waals surface area contributed by atoms with Crippen molar-refractivity contribution in [1.82, 2.24) is 14.9 Å². The minimum Gasteiger partial charge on any atom is -0.494 e. The first-order valence-electron chi connectivity index (χ1n) is 9.08. The number of rotatable bonds is 8. The van der Waals surface area contributed by atoms with E-state index in [-0.39, 0.29) is 6.04 Å². The summed E-state index contributed by atoms with van der Waals surface area (Å²) in [5.41, 5.74) is 5.68. The maximum atomic E-state index is 11.0. The van der Waals surface area contributed by atoms with Crippen molar-refractivity contribution in [3.8, 4) is 5.75 Å². The molecule has 0 radical (unpaired) electrons. The van der Waals surface area contributed by atoms with Gasteiger partial charge >= 0.3 is 0 Å². The van der Waals surface area contributed by atoms with Crippen LogP contribution in [0, 0.1) is 0 Å². The molecule has 0 bridgehead atoms. The van der Waals surface area contributed by atoms with Crippen molar-refractivity contribution in [2.24, 2.45) is 5.73 Å². The van der Waals surface area contributed by atoms with Gasteiger partial charge in [0.2, 0.25) is 11.9 Å². The van der Waals surface area contributed by atoms with E-state index in [2.05, 4.69) is 20.2 Å².